The lowest BCUT2D eigenvalue weighted by Gasteiger charge is -2.33. The van der Waals surface area contributed by atoms with E-state index in [1.165, 1.54) is 0 Å². The van der Waals surface area contributed by atoms with Crippen molar-refractivity contribution >= 4 is 8.53 Å². The molecule has 4 nitrogen and oxygen atoms in total. The van der Waals surface area contributed by atoms with Gasteiger partial charge in [-0.3, -0.25) is 0 Å². The Hall–Kier alpha value is -0.200. The van der Waals surface area contributed by atoms with Gasteiger partial charge in [-0.2, -0.15) is 5.26 Å². The summed E-state index contributed by atoms with van der Waals surface area (Å²) in [5, 5.41) is 8.48. The molecule has 5 heteroatoms. The molecule has 0 saturated heterocycles. The Morgan fingerprint density at radius 1 is 1.43 bits per heavy atom. The normalized spacial score (nSPS) is 13.6. The van der Waals surface area contributed by atoms with Crippen molar-refractivity contribution in [3.63, 3.8) is 0 Å². The van der Waals surface area contributed by atoms with Crippen molar-refractivity contribution in [2.45, 2.75) is 52.1 Å². The fraction of sp³-hybridized carbons (Fsp3) is 0.889. The van der Waals surface area contributed by atoms with Crippen molar-refractivity contribution in [2.75, 3.05) is 0 Å². The molecule has 0 saturated carbocycles. The van der Waals surface area contributed by atoms with Gasteiger partial charge in [-0.25, -0.2) is 4.67 Å². The molecule has 0 radical (unpaired) electrons. The Balaban J connectivity index is 4.35. The molecule has 0 fully saturated rings. The first-order valence-corrected chi connectivity index (χ1v) is 6.07. The van der Waals surface area contributed by atoms with Gasteiger partial charge in [0.25, 0.3) is 8.53 Å². The second-order valence-corrected chi connectivity index (χ2v) is 4.50. The maximum absolute atomic E-state index is 9.25. The molecule has 0 rings (SSSR count). The van der Waals surface area contributed by atoms with Crippen molar-refractivity contribution in [2.24, 2.45) is 0 Å². The van der Waals surface area contributed by atoms with Crippen LogP contribution in [0.4, 0.5) is 0 Å². The van der Waals surface area contributed by atoms with Gasteiger partial charge in [0.1, 0.15) is 0 Å². The molecule has 0 aliphatic rings. The zero-order chi connectivity index (χ0) is 11.1. The Morgan fingerprint density at radius 3 is 2.29 bits per heavy atom. The van der Waals surface area contributed by atoms with Crippen LogP contribution in [-0.4, -0.2) is 26.5 Å². The van der Waals surface area contributed by atoms with Crippen LogP contribution in [0.15, 0.2) is 0 Å². The third kappa shape index (κ3) is 4.34. The second-order valence-electron chi connectivity index (χ2n) is 3.50. The Labute approximate surface area is 87.1 Å². The summed E-state index contributed by atoms with van der Waals surface area (Å²) in [6.45, 7) is 5.85. The van der Waals surface area contributed by atoms with Crippen LogP contribution >= 0.6 is 8.53 Å². The van der Waals surface area contributed by atoms with E-state index < -0.39 is 8.53 Å². The number of hydrogen-bond acceptors (Lipinski definition) is 4. The van der Waals surface area contributed by atoms with E-state index in [9.17, 15) is 9.79 Å². The van der Waals surface area contributed by atoms with Crippen molar-refractivity contribution in [3.8, 4) is 6.07 Å². The van der Waals surface area contributed by atoms with Crippen LogP contribution in [0.5, 0.6) is 0 Å². The first-order valence-electron chi connectivity index (χ1n) is 4.87. The fourth-order valence-electron chi connectivity index (χ4n) is 1.53. The number of nitrogens with zero attached hydrogens (tertiary/aromatic N) is 2. The second kappa shape index (κ2) is 7.14. The van der Waals surface area contributed by atoms with Crippen LogP contribution in [-0.2, 0) is 0 Å². The third-order valence-corrected chi connectivity index (χ3v) is 3.37. The Morgan fingerprint density at radius 2 is 2.00 bits per heavy atom. The summed E-state index contributed by atoms with van der Waals surface area (Å²) in [7, 11) is -2.04. The smallest absolute Gasteiger partial charge is 0.253 e. The minimum absolute atomic E-state index is 0.0933. The SMILES string of the molecule is CCC(CCC#N)N(C(C)C)P(O)O. The van der Waals surface area contributed by atoms with Crippen LogP contribution in [0.1, 0.15) is 40.0 Å². The molecule has 1 atom stereocenters. The molecule has 0 aromatic carbocycles. The van der Waals surface area contributed by atoms with Gasteiger partial charge in [-0.15, -0.1) is 0 Å². The predicted octanol–water partition coefficient (Wildman–Crippen LogP) is 1.99. The molecule has 0 aliphatic heterocycles. The van der Waals surface area contributed by atoms with Gasteiger partial charge in [0, 0.05) is 18.5 Å². The summed E-state index contributed by atoms with van der Waals surface area (Å²) >= 11 is 0. The van der Waals surface area contributed by atoms with Gasteiger partial charge in [-0.05, 0) is 26.7 Å². The standard InChI is InChI=1S/C9H19N2O2P/c1-4-9(6-5-7-10)11(8(2)3)14(12)13/h8-9,12-13H,4-6H2,1-3H3. The lowest BCUT2D eigenvalue weighted by atomic mass is 10.1. The van der Waals surface area contributed by atoms with Crippen molar-refractivity contribution in [3.05, 3.63) is 0 Å². The van der Waals surface area contributed by atoms with Crippen LogP contribution in [0, 0.1) is 11.3 Å². The van der Waals surface area contributed by atoms with Gasteiger partial charge in [-0.1, -0.05) is 6.92 Å². The van der Waals surface area contributed by atoms with E-state index in [0.29, 0.717) is 12.8 Å². The van der Waals surface area contributed by atoms with E-state index >= 15 is 0 Å². The highest BCUT2D eigenvalue weighted by Gasteiger charge is 2.25. The van der Waals surface area contributed by atoms with Gasteiger partial charge >= 0.3 is 0 Å². The van der Waals surface area contributed by atoms with Gasteiger partial charge < -0.3 is 9.79 Å². The molecular weight excluding hydrogens is 199 g/mol. The molecule has 14 heavy (non-hydrogen) atoms. The van der Waals surface area contributed by atoms with E-state index in [1.807, 2.05) is 20.8 Å². The average Bonchev–Trinajstić information content (AvgIpc) is 2.10. The van der Waals surface area contributed by atoms with Gasteiger partial charge in [0.05, 0.1) is 6.07 Å². The summed E-state index contributed by atoms with van der Waals surface area (Å²) in [6.07, 6.45) is 2.00. The zero-order valence-electron chi connectivity index (χ0n) is 9.01. The molecule has 2 N–H and O–H groups in total. The van der Waals surface area contributed by atoms with E-state index in [-0.39, 0.29) is 12.1 Å². The molecule has 0 aliphatic carbocycles. The highest BCUT2D eigenvalue weighted by atomic mass is 31.2. The largest absolute Gasteiger partial charge is 0.338 e. The minimum Gasteiger partial charge on any atom is -0.338 e. The molecule has 0 heterocycles. The lowest BCUT2D eigenvalue weighted by Crippen LogP contribution is -2.35. The summed E-state index contributed by atoms with van der Waals surface area (Å²) in [5.41, 5.74) is 0. The molecule has 0 aromatic rings. The van der Waals surface area contributed by atoms with E-state index in [2.05, 4.69) is 6.07 Å². The lowest BCUT2D eigenvalue weighted by molar-refractivity contribution is 0.222. The van der Waals surface area contributed by atoms with E-state index in [0.717, 1.165) is 6.42 Å². The van der Waals surface area contributed by atoms with Crippen molar-refractivity contribution in [1.29, 1.82) is 5.26 Å². The molecule has 82 valence electrons. The first kappa shape index (κ1) is 13.8. The summed E-state index contributed by atoms with van der Waals surface area (Å²) in [6, 6.07) is 2.27. The monoisotopic (exact) mass is 218 g/mol. The van der Waals surface area contributed by atoms with Gasteiger partial charge in [0.15, 0.2) is 0 Å². The highest BCUT2D eigenvalue weighted by Crippen LogP contribution is 2.36. The van der Waals surface area contributed by atoms with E-state index in [4.69, 9.17) is 5.26 Å². The van der Waals surface area contributed by atoms with Crippen LogP contribution in [0.3, 0.4) is 0 Å². The number of hydrogen-bond donors (Lipinski definition) is 2. The summed E-state index contributed by atoms with van der Waals surface area (Å²) in [4.78, 5) is 18.5. The predicted molar refractivity (Wildman–Crippen MR) is 57.3 cm³/mol. The minimum atomic E-state index is -2.04. The maximum atomic E-state index is 9.25. The molecule has 0 spiro atoms. The van der Waals surface area contributed by atoms with Crippen molar-refractivity contribution < 1.29 is 9.79 Å². The quantitative estimate of drug-likeness (QED) is 0.669. The van der Waals surface area contributed by atoms with Gasteiger partial charge in [0.2, 0.25) is 0 Å². The molecule has 0 amide bonds. The molecule has 0 aromatic heterocycles. The van der Waals surface area contributed by atoms with Crippen LogP contribution in [0.2, 0.25) is 0 Å². The summed E-state index contributed by atoms with van der Waals surface area (Å²) in [5.74, 6) is 0. The van der Waals surface area contributed by atoms with Crippen molar-refractivity contribution in [1.82, 2.24) is 4.67 Å². The fourth-order valence-corrected chi connectivity index (χ4v) is 2.51. The number of rotatable bonds is 6. The zero-order valence-corrected chi connectivity index (χ0v) is 9.91. The Bertz CT molecular complexity index is 184. The third-order valence-electron chi connectivity index (χ3n) is 2.17. The Kier molecular flexibility index (Phi) is 7.04. The average molecular weight is 218 g/mol. The van der Waals surface area contributed by atoms with Crippen LogP contribution < -0.4 is 0 Å². The maximum Gasteiger partial charge on any atom is 0.253 e. The molecule has 0 bridgehead atoms. The molecule has 1 unspecified atom stereocenters. The highest BCUT2D eigenvalue weighted by molar-refractivity contribution is 7.42. The van der Waals surface area contributed by atoms with Crippen LogP contribution in [0.25, 0.3) is 0 Å². The molecular formula is C9H19N2O2P. The van der Waals surface area contributed by atoms with E-state index in [1.54, 1.807) is 4.67 Å². The topological polar surface area (TPSA) is 67.5 Å². The first-order chi connectivity index (χ1) is 6.54. The summed E-state index contributed by atoms with van der Waals surface area (Å²) < 4.78 is 1.69. The number of nitriles is 1.